The number of rotatable bonds is 3. The Hall–Kier alpha value is -0.0800. The Morgan fingerprint density at radius 2 is 1.45 bits per heavy atom. The van der Waals surface area contributed by atoms with Gasteiger partial charge in [-0.1, -0.05) is 27.7 Å². The summed E-state index contributed by atoms with van der Waals surface area (Å²) in [5, 5.41) is 3.71. The van der Waals surface area contributed by atoms with Gasteiger partial charge in [0.2, 0.25) is 0 Å². The molecular formula is C27H48N2. The largest absolute Gasteiger partial charge is 0.316 e. The maximum atomic E-state index is 3.71. The average molecular weight is 401 g/mol. The van der Waals surface area contributed by atoms with Gasteiger partial charge in [-0.2, -0.15) is 0 Å². The first-order chi connectivity index (χ1) is 13.5. The second-order valence-electron chi connectivity index (χ2n) is 13.6. The average Bonchev–Trinajstić information content (AvgIpc) is 3.24. The van der Waals surface area contributed by atoms with E-state index in [-0.39, 0.29) is 0 Å². The molecule has 0 heterocycles. The monoisotopic (exact) mass is 400 g/mol. The fourth-order valence-corrected chi connectivity index (χ4v) is 11.1. The van der Waals surface area contributed by atoms with Gasteiger partial charge in [0, 0.05) is 12.1 Å². The first-order valence-electron chi connectivity index (χ1n) is 12.8. The van der Waals surface area contributed by atoms with Gasteiger partial charge in [-0.3, -0.25) is 0 Å². The van der Waals surface area contributed by atoms with Crippen molar-refractivity contribution in [3.8, 4) is 0 Å². The molecule has 2 heteroatoms. The second kappa shape index (κ2) is 6.03. The van der Waals surface area contributed by atoms with Crippen molar-refractivity contribution < 1.29 is 0 Å². The minimum Gasteiger partial charge on any atom is -0.316 e. The van der Waals surface area contributed by atoms with E-state index in [0.29, 0.717) is 39.2 Å². The summed E-state index contributed by atoms with van der Waals surface area (Å²) in [5.74, 6) is 2.82. The third-order valence-electron chi connectivity index (χ3n) is 13.0. The standard InChI is InChI=1S/C27H48N2/c1-18(29(7)8)19-11-13-25(5)21-10-9-20-23(2,3)22(28-6)12-14-26(20)17-27(21,26)16-15-24(19,25)4/h18-22,28H,9-17H2,1-8H3/t18-,19+,20-,21+,22-,24+,25-,26+,27-/m0/s1. The maximum Gasteiger partial charge on any atom is 0.0118 e. The fraction of sp³-hybridized carbons (Fsp3) is 1.00. The van der Waals surface area contributed by atoms with Gasteiger partial charge in [-0.25, -0.2) is 0 Å². The number of nitrogens with zero attached hydrogens (tertiary/aromatic N) is 1. The summed E-state index contributed by atoms with van der Waals surface area (Å²) in [6.07, 6.45) is 13.5. The number of hydrogen-bond donors (Lipinski definition) is 1. The second-order valence-corrected chi connectivity index (χ2v) is 13.6. The molecule has 0 aromatic rings. The van der Waals surface area contributed by atoms with Crippen molar-refractivity contribution in [2.24, 2.45) is 44.8 Å². The molecule has 166 valence electrons. The van der Waals surface area contributed by atoms with E-state index in [4.69, 9.17) is 0 Å². The number of nitrogens with one attached hydrogen (secondary N) is 1. The summed E-state index contributed by atoms with van der Waals surface area (Å²) in [6.45, 7) is 13.2. The van der Waals surface area contributed by atoms with Gasteiger partial charge >= 0.3 is 0 Å². The minimum absolute atomic E-state index is 0.459. The third-order valence-corrected chi connectivity index (χ3v) is 13.0. The molecule has 1 N–H and O–H groups in total. The van der Waals surface area contributed by atoms with Crippen molar-refractivity contribution in [1.82, 2.24) is 10.2 Å². The van der Waals surface area contributed by atoms with Gasteiger partial charge in [0.1, 0.15) is 0 Å². The molecule has 5 aliphatic carbocycles. The molecular weight excluding hydrogens is 352 g/mol. The van der Waals surface area contributed by atoms with Crippen LogP contribution in [-0.2, 0) is 0 Å². The normalized spacial score (nSPS) is 56.2. The zero-order valence-corrected chi connectivity index (χ0v) is 20.7. The first-order valence-corrected chi connectivity index (χ1v) is 12.8. The van der Waals surface area contributed by atoms with Crippen molar-refractivity contribution in [3.63, 3.8) is 0 Å². The van der Waals surface area contributed by atoms with E-state index in [9.17, 15) is 0 Å². The van der Waals surface area contributed by atoms with Crippen LogP contribution in [0.1, 0.15) is 92.4 Å². The zero-order valence-electron chi connectivity index (χ0n) is 20.7. The summed E-state index contributed by atoms with van der Waals surface area (Å²) < 4.78 is 0. The molecule has 2 nitrogen and oxygen atoms in total. The summed E-state index contributed by atoms with van der Waals surface area (Å²) in [5.41, 5.74) is 2.97. The van der Waals surface area contributed by atoms with Crippen molar-refractivity contribution in [2.45, 2.75) is 104 Å². The van der Waals surface area contributed by atoms with Crippen LogP contribution in [0.25, 0.3) is 0 Å². The molecule has 29 heavy (non-hydrogen) atoms. The van der Waals surface area contributed by atoms with Crippen LogP contribution in [0, 0.1) is 44.8 Å². The highest BCUT2D eigenvalue weighted by Crippen LogP contribution is 2.88. The summed E-state index contributed by atoms with van der Waals surface area (Å²) in [6, 6.07) is 1.43. The van der Waals surface area contributed by atoms with Gasteiger partial charge in [-0.05, 0) is 131 Å². The molecule has 0 aromatic carbocycles. The van der Waals surface area contributed by atoms with Crippen molar-refractivity contribution in [3.05, 3.63) is 0 Å². The number of hydrogen-bond acceptors (Lipinski definition) is 2. The number of fused-ring (bicyclic) bond motifs is 2. The van der Waals surface area contributed by atoms with E-state index >= 15 is 0 Å². The van der Waals surface area contributed by atoms with Crippen LogP contribution in [0.3, 0.4) is 0 Å². The van der Waals surface area contributed by atoms with E-state index in [1.807, 2.05) is 0 Å². The molecule has 0 bridgehead atoms. The van der Waals surface area contributed by atoms with Gasteiger partial charge in [-0.15, -0.1) is 0 Å². The molecule has 0 radical (unpaired) electrons. The molecule has 5 rings (SSSR count). The van der Waals surface area contributed by atoms with Crippen molar-refractivity contribution in [1.29, 1.82) is 0 Å². The molecule has 0 unspecified atom stereocenters. The van der Waals surface area contributed by atoms with Gasteiger partial charge < -0.3 is 10.2 Å². The summed E-state index contributed by atoms with van der Waals surface area (Å²) in [4.78, 5) is 2.50. The van der Waals surface area contributed by atoms with Crippen LogP contribution in [-0.4, -0.2) is 38.1 Å². The van der Waals surface area contributed by atoms with Crippen molar-refractivity contribution in [2.75, 3.05) is 21.1 Å². The highest BCUT2D eigenvalue weighted by molar-refractivity contribution is 5.31. The molecule has 0 aliphatic heterocycles. The molecule has 5 fully saturated rings. The predicted octanol–water partition coefficient (Wildman–Crippen LogP) is 5.96. The van der Waals surface area contributed by atoms with Crippen LogP contribution in [0.2, 0.25) is 0 Å². The summed E-state index contributed by atoms with van der Waals surface area (Å²) >= 11 is 0. The Morgan fingerprint density at radius 1 is 0.793 bits per heavy atom. The highest BCUT2D eigenvalue weighted by atomic mass is 15.1. The van der Waals surface area contributed by atoms with Crippen LogP contribution in [0.15, 0.2) is 0 Å². The topological polar surface area (TPSA) is 15.3 Å². The lowest BCUT2D eigenvalue weighted by atomic mass is 9.42. The third kappa shape index (κ3) is 2.22. The van der Waals surface area contributed by atoms with E-state index in [0.717, 1.165) is 17.8 Å². The van der Waals surface area contributed by atoms with E-state index in [2.05, 4.69) is 66.0 Å². The van der Waals surface area contributed by atoms with Crippen molar-refractivity contribution >= 4 is 0 Å². The lowest BCUT2D eigenvalue weighted by molar-refractivity contribution is -0.146. The van der Waals surface area contributed by atoms with Gasteiger partial charge in [0.05, 0.1) is 0 Å². The molecule has 0 saturated heterocycles. The van der Waals surface area contributed by atoms with Gasteiger partial charge in [0.25, 0.3) is 0 Å². The molecule has 5 saturated carbocycles. The Kier molecular flexibility index (Phi) is 4.33. The van der Waals surface area contributed by atoms with Crippen LogP contribution in [0.4, 0.5) is 0 Å². The predicted molar refractivity (Wildman–Crippen MR) is 123 cm³/mol. The summed E-state index contributed by atoms with van der Waals surface area (Å²) in [7, 11) is 6.81. The molecule has 5 aliphatic rings. The maximum absolute atomic E-state index is 3.71. The Labute approximate surface area is 181 Å². The van der Waals surface area contributed by atoms with Crippen LogP contribution >= 0.6 is 0 Å². The van der Waals surface area contributed by atoms with E-state index < -0.39 is 0 Å². The smallest absolute Gasteiger partial charge is 0.0118 e. The lowest BCUT2D eigenvalue weighted by Gasteiger charge is -2.63. The molecule has 2 spiro atoms. The van der Waals surface area contributed by atoms with E-state index in [1.165, 1.54) is 51.4 Å². The quantitative estimate of drug-likeness (QED) is 0.628. The Bertz CT molecular complexity index is 684. The van der Waals surface area contributed by atoms with E-state index in [1.54, 1.807) is 6.42 Å². The Balaban J connectivity index is 1.49. The minimum atomic E-state index is 0.459. The van der Waals surface area contributed by atoms with Crippen LogP contribution < -0.4 is 5.32 Å². The molecule has 9 atom stereocenters. The Morgan fingerprint density at radius 3 is 2.10 bits per heavy atom. The van der Waals surface area contributed by atoms with Crippen LogP contribution in [0.5, 0.6) is 0 Å². The first kappa shape index (κ1) is 20.8. The lowest BCUT2D eigenvalue weighted by Crippen LogP contribution is -2.59. The van der Waals surface area contributed by atoms with Gasteiger partial charge in [0.15, 0.2) is 0 Å². The molecule has 0 amide bonds. The zero-order chi connectivity index (χ0) is 21.0. The SMILES string of the molecule is CN[C@H]1CC[C@]23C[C@]24CC[C@]2(C)[C@@H]([C@H](C)N(C)C)CC[C@@]2(C)[C@H]4CC[C@H]3C1(C)C. The fourth-order valence-electron chi connectivity index (χ4n) is 11.1. The molecule has 0 aromatic heterocycles. The highest BCUT2D eigenvalue weighted by Gasteiger charge is 2.82.